The van der Waals surface area contributed by atoms with E-state index in [1.54, 1.807) is 6.20 Å². The van der Waals surface area contributed by atoms with E-state index < -0.39 is 0 Å². The predicted molar refractivity (Wildman–Crippen MR) is 106 cm³/mol. The molecular formula is C21H31N3O3. The van der Waals surface area contributed by atoms with Crippen LogP contribution in [0.4, 0.5) is 0 Å². The van der Waals surface area contributed by atoms with E-state index in [1.807, 2.05) is 24.2 Å². The minimum Gasteiger partial charge on any atom is -0.487 e. The Kier molecular flexibility index (Phi) is 7.24. The van der Waals surface area contributed by atoms with Gasteiger partial charge in [0.25, 0.3) is 0 Å². The van der Waals surface area contributed by atoms with Gasteiger partial charge in [-0.3, -0.25) is 9.78 Å². The van der Waals surface area contributed by atoms with Gasteiger partial charge in [0.15, 0.2) is 0 Å². The molecule has 2 aliphatic rings. The summed E-state index contributed by atoms with van der Waals surface area (Å²) < 4.78 is 11.5. The van der Waals surface area contributed by atoms with Gasteiger partial charge in [-0.15, -0.1) is 0 Å². The number of pyridine rings is 1. The van der Waals surface area contributed by atoms with Crippen LogP contribution in [-0.4, -0.2) is 61.3 Å². The smallest absolute Gasteiger partial charge is 0.225 e. The van der Waals surface area contributed by atoms with Crippen LogP contribution in [0.5, 0.6) is 5.75 Å². The van der Waals surface area contributed by atoms with E-state index >= 15 is 0 Å². The number of hydrogen-bond donors (Lipinski definition) is 1. The SMILES string of the molecule is CN[C@@H](C)C/C=C/c1cncc(O[C@H]2CCN(C(=O)C3CCOCC3)C2)c1. The molecule has 27 heavy (non-hydrogen) atoms. The van der Waals surface area contributed by atoms with E-state index in [1.165, 1.54) is 0 Å². The fourth-order valence-electron chi connectivity index (χ4n) is 3.54. The van der Waals surface area contributed by atoms with Gasteiger partial charge in [-0.25, -0.2) is 0 Å². The Hall–Kier alpha value is -1.92. The number of carbonyl (C=O) groups is 1. The Balaban J connectivity index is 1.50. The normalized spacial score (nSPS) is 22.3. The van der Waals surface area contributed by atoms with Crippen molar-refractivity contribution in [2.45, 2.75) is 44.8 Å². The maximum Gasteiger partial charge on any atom is 0.225 e. The average Bonchev–Trinajstić information content (AvgIpc) is 3.16. The zero-order valence-corrected chi connectivity index (χ0v) is 16.4. The van der Waals surface area contributed by atoms with Gasteiger partial charge in [-0.05, 0) is 44.9 Å². The second kappa shape index (κ2) is 9.85. The van der Waals surface area contributed by atoms with Crippen LogP contribution in [0.3, 0.4) is 0 Å². The Bertz CT molecular complexity index is 643. The Morgan fingerprint density at radius 3 is 3.00 bits per heavy atom. The number of aromatic nitrogens is 1. The van der Waals surface area contributed by atoms with Crippen LogP contribution in [0.1, 0.15) is 38.2 Å². The molecule has 0 saturated carbocycles. The summed E-state index contributed by atoms with van der Waals surface area (Å²) in [5.74, 6) is 1.15. The molecule has 0 radical (unpaired) electrons. The van der Waals surface area contributed by atoms with Gasteiger partial charge in [-0.1, -0.05) is 12.2 Å². The quantitative estimate of drug-likeness (QED) is 0.796. The largest absolute Gasteiger partial charge is 0.487 e. The molecule has 6 nitrogen and oxygen atoms in total. The van der Waals surface area contributed by atoms with Crippen molar-refractivity contribution in [1.29, 1.82) is 0 Å². The zero-order valence-electron chi connectivity index (χ0n) is 16.4. The molecule has 2 saturated heterocycles. The van der Waals surface area contributed by atoms with E-state index in [-0.39, 0.29) is 17.9 Å². The summed E-state index contributed by atoms with van der Waals surface area (Å²) in [5.41, 5.74) is 1.03. The molecule has 0 bridgehead atoms. The number of ether oxygens (including phenoxy) is 2. The van der Waals surface area contributed by atoms with Crippen LogP contribution >= 0.6 is 0 Å². The molecular weight excluding hydrogens is 342 g/mol. The highest BCUT2D eigenvalue weighted by molar-refractivity contribution is 5.79. The van der Waals surface area contributed by atoms with Crippen LogP contribution in [0, 0.1) is 5.92 Å². The van der Waals surface area contributed by atoms with Crippen LogP contribution < -0.4 is 10.1 Å². The topological polar surface area (TPSA) is 63.7 Å². The molecule has 0 spiro atoms. The molecule has 1 amide bonds. The highest BCUT2D eigenvalue weighted by atomic mass is 16.5. The number of nitrogens with zero attached hydrogens (tertiary/aromatic N) is 2. The number of rotatable bonds is 7. The molecule has 0 aliphatic carbocycles. The van der Waals surface area contributed by atoms with Crippen molar-refractivity contribution in [2.75, 3.05) is 33.4 Å². The number of likely N-dealkylation sites (tertiary alicyclic amines) is 1. The van der Waals surface area contributed by atoms with E-state index in [0.717, 1.165) is 43.5 Å². The van der Waals surface area contributed by atoms with Crippen molar-refractivity contribution in [3.8, 4) is 5.75 Å². The van der Waals surface area contributed by atoms with Crippen LogP contribution in [-0.2, 0) is 9.53 Å². The first-order chi connectivity index (χ1) is 13.2. The van der Waals surface area contributed by atoms with Gasteiger partial charge in [0.2, 0.25) is 5.91 Å². The minimum absolute atomic E-state index is 0.0409. The number of carbonyl (C=O) groups excluding carboxylic acids is 1. The Morgan fingerprint density at radius 1 is 1.41 bits per heavy atom. The highest BCUT2D eigenvalue weighted by Crippen LogP contribution is 2.23. The first kappa shape index (κ1) is 19.8. The third kappa shape index (κ3) is 5.78. The molecule has 2 fully saturated rings. The van der Waals surface area contributed by atoms with Crippen molar-refractivity contribution >= 4 is 12.0 Å². The molecule has 0 aromatic carbocycles. The lowest BCUT2D eigenvalue weighted by molar-refractivity contribution is -0.137. The second-order valence-electron chi connectivity index (χ2n) is 7.48. The summed E-state index contributed by atoms with van der Waals surface area (Å²) in [6.07, 6.45) is 11.4. The van der Waals surface area contributed by atoms with Crippen molar-refractivity contribution in [3.63, 3.8) is 0 Å². The van der Waals surface area contributed by atoms with E-state index in [4.69, 9.17) is 9.47 Å². The molecule has 2 atom stereocenters. The lowest BCUT2D eigenvalue weighted by atomic mass is 9.99. The molecule has 1 aromatic heterocycles. The average molecular weight is 373 g/mol. The summed E-state index contributed by atoms with van der Waals surface area (Å²) in [6.45, 7) is 4.98. The molecule has 1 aromatic rings. The van der Waals surface area contributed by atoms with Crippen molar-refractivity contribution in [1.82, 2.24) is 15.2 Å². The van der Waals surface area contributed by atoms with Crippen molar-refractivity contribution in [2.24, 2.45) is 5.92 Å². The first-order valence-corrected chi connectivity index (χ1v) is 9.97. The summed E-state index contributed by atoms with van der Waals surface area (Å²) in [5, 5.41) is 3.22. The lowest BCUT2D eigenvalue weighted by Gasteiger charge is -2.26. The molecule has 3 heterocycles. The van der Waals surface area contributed by atoms with Crippen LogP contribution in [0.15, 0.2) is 24.5 Å². The summed E-state index contributed by atoms with van der Waals surface area (Å²) in [7, 11) is 1.96. The Morgan fingerprint density at radius 2 is 2.22 bits per heavy atom. The summed E-state index contributed by atoms with van der Waals surface area (Å²) in [6, 6.07) is 2.46. The molecule has 0 unspecified atom stereocenters. The monoisotopic (exact) mass is 373 g/mol. The van der Waals surface area contributed by atoms with Crippen molar-refractivity contribution < 1.29 is 14.3 Å². The van der Waals surface area contributed by atoms with Gasteiger partial charge in [0.1, 0.15) is 11.9 Å². The maximum absolute atomic E-state index is 12.6. The fourth-order valence-corrected chi connectivity index (χ4v) is 3.54. The minimum atomic E-state index is 0.0409. The van der Waals surface area contributed by atoms with E-state index in [9.17, 15) is 4.79 Å². The molecule has 1 N–H and O–H groups in total. The number of nitrogens with one attached hydrogen (secondary N) is 1. The molecule has 148 valence electrons. The molecule has 3 rings (SSSR count). The van der Waals surface area contributed by atoms with Gasteiger partial charge >= 0.3 is 0 Å². The van der Waals surface area contributed by atoms with Gasteiger partial charge in [0, 0.05) is 44.3 Å². The third-order valence-corrected chi connectivity index (χ3v) is 5.36. The predicted octanol–water partition coefficient (Wildman–Crippen LogP) is 2.50. The summed E-state index contributed by atoms with van der Waals surface area (Å²) in [4.78, 5) is 18.9. The Labute approximate surface area is 161 Å². The van der Waals surface area contributed by atoms with Gasteiger partial charge < -0.3 is 19.7 Å². The fraction of sp³-hybridized carbons (Fsp3) is 0.619. The van der Waals surface area contributed by atoms with Gasteiger partial charge in [-0.2, -0.15) is 0 Å². The molecule has 6 heteroatoms. The first-order valence-electron chi connectivity index (χ1n) is 9.97. The second-order valence-corrected chi connectivity index (χ2v) is 7.48. The zero-order chi connectivity index (χ0) is 19.1. The van der Waals surface area contributed by atoms with Crippen LogP contribution in [0.2, 0.25) is 0 Å². The van der Waals surface area contributed by atoms with Crippen molar-refractivity contribution in [3.05, 3.63) is 30.1 Å². The lowest BCUT2D eigenvalue weighted by Crippen LogP contribution is -2.38. The van der Waals surface area contributed by atoms with Crippen LogP contribution in [0.25, 0.3) is 6.08 Å². The maximum atomic E-state index is 12.6. The molecule has 2 aliphatic heterocycles. The number of amides is 1. The standard InChI is InChI=1S/C21H31N3O3/c1-16(22-2)4-3-5-17-12-20(14-23-13-17)27-19-6-9-24(15-19)21(25)18-7-10-26-11-8-18/h3,5,12-14,16,18-19,22H,4,6-11,15H2,1-2H3/b5-3+/t16-,19-/m0/s1. The van der Waals surface area contributed by atoms with E-state index in [2.05, 4.69) is 29.4 Å². The van der Waals surface area contributed by atoms with E-state index in [0.29, 0.717) is 25.8 Å². The van der Waals surface area contributed by atoms with Gasteiger partial charge in [0.05, 0.1) is 12.7 Å². The summed E-state index contributed by atoms with van der Waals surface area (Å²) >= 11 is 0. The number of hydrogen-bond acceptors (Lipinski definition) is 5. The third-order valence-electron chi connectivity index (χ3n) is 5.36. The highest BCUT2D eigenvalue weighted by Gasteiger charge is 2.32.